The van der Waals surface area contributed by atoms with Crippen LogP contribution in [0.2, 0.25) is 0 Å². The molecule has 0 unspecified atom stereocenters. The Morgan fingerprint density at radius 1 is 0.745 bits per heavy atom. The molecule has 2 saturated heterocycles. The lowest BCUT2D eigenvalue weighted by Crippen LogP contribution is -2.59. The van der Waals surface area contributed by atoms with Crippen molar-refractivity contribution in [2.75, 3.05) is 26.2 Å². The normalized spacial score (nSPS) is 19.2. The summed E-state index contributed by atoms with van der Waals surface area (Å²) in [4.78, 5) is 71.0. The van der Waals surface area contributed by atoms with Crippen molar-refractivity contribution < 1.29 is 24.0 Å². The first kappa shape index (κ1) is 39.7. The van der Waals surface area contributed by atoms with Gasteiger partial charge in [0.15, 0.2) is 0 Å². The first-order valence-electron chi connectivity index (χ1n) is 18.5. The van der Waals surface area contributed by atoms with E-state index < -0.39 is 41.9 Å². The van der Waals surface area contributed by atoms with Gasteiger partial charge in [0.05, 0.1) is 12.1 Å². The highest BCUT2D eigenvalue weighted by molar-refractivity contribution is 5.95. The zero-order chi connectivity index (χ0) is 36.9. The van der Waals surface area contributed by atoms with Crippen molar-refractivity contribution in [1.82, 2.24) is 25.8 Å². The number of ketones is 1. The fourth-order valence-electron chi connectivity index (χ4n) is 7.27. The predicted molar refractivity (Wildman–Crippen MR) is 197 cm³/mol. The average Bonchev–Trinajstić information content (AvgIpc) is 3.62. The zero-order valence-corrected chi connectivity index (χ0v) is 30.4. The van der Waals surface area contributed by atoms with Crippen LogP contribution in [0.25, 0.3) is 0 Å². The third-order valence-corrected chi connectivity index (χ3v) is 9.97. The summed E-state index contributed by atoms with van der Waals surface area (Å²) in [7, 11) is 0. The van der Waals surface area contributed by atoms with Crippen molar-refractivity contribution in [2.24, 2.45) is 17.4 Å². The zero-order valence-electron chi connectivity index (χ0n) is 30.4. The lowest BCUT2D eigenvalue weighted by atomic mass is 9.99. The number of Topliss-reactive ketones (excluding diaryl/α,β-unsaturated/α-hetero) is 1. The van der Waals surface area contributed by atoms with Gasteiger partial charge in [-0.1, -0.05) is 74.5 Å². The van der Waals surface area contributed by atoms with Crippen molar-refractivity contribution in [3.8, 4) is 0 Å². The number of nitrogens with one attached hydrogen (secondary N) is 3. The number of piperidine rings is 1. The Labute approximate surface area is 302 Å². The number of hydrogen-bond acceptors (Lipinski definition) is 8. The van der Waals surface area contributed by atoms with Crippen molar-refractivity contribution >= 4 is 29.4 Å². The van der Waals surface area contributed by atoms with Crippen molar-refractivity contribution in [3.63, 3.8) is 0 Å². The second-order valence-corrected chi connectivity index (χ2v) is 14.4. The molecule has 0 aliphatic carbocycles. The summed E-state index contributed by atoms with van der Waals surface area (Å²) in [6.07, 6.45) is 4.47. The fraction of sp³-hybridized carbons (Fsp3) is 0.564. The molecule has 51 heavy (non-hydrogen) atoms. The molecule has 2 aromatic rings. The minimum absolute atomic E-state index is 0.0367. The van der Waals surface area contributed by atoms with Gasteiger partial charge < -0.3 is 32.3 Å². The second kappa shape index (κ2) is 19.5. The van der Waals surface area contributed by atoms with E-state index in [2.05, 4.69) is 20.9 Å². The Morgan fingerprint density at radius 2 is 1.29 bits per heavy atom. The Morgan fingerprint density at radius 3 is 1.86 bits per heavy atom. The third-order valence-electron chi connectivity index (χ3n) is 9.97. The number of amides is 4. The summed E-state index contributed by atoms with van der Waals surface area (Å²) in [6, 6.07) is 15.3. The van der Waals surface area contributed by atoms with Crippen LogP contribution < -0.4 is 27.4 Å². The molecular weight excluding hydrogens is 646 g/mol. The largest absolute Gasteiger partial charge is 0.343 e. The molecule has 0 spiro atoms. The molecule has 2 aromatic carbocycles. The summed E-state index contributed by atoms with van der Waals surface area (Å²) in [5.74, 6) is -1.44. The Bertz CT molecular complexity index is 1450. The Hall–Kier alpha value is -4.13. The highest BCUT2D eigenvalue weighted by atomic mass is 16.2. The molecule has 0 aromatic heterocycles. The lowest BCUT2D eigenvalue weighted by Gasteiger charge is -2.40. The number of carbonyl (C=O) groups excluding carboxylic acids is 5. The molecule has 0 bridgehead atoms. The van der Waals surface area contributed by atoms with E-state index in [4.69, 9.17) is 11.5 Å². The first-order chi connectivity index (χ1) is 24.5. The van der Waals surface area contributed by atoms with Crippen molar-refractivity contribution in [3.05, 3.63) is 71.8 Å². The molecular formula is C39H57N7O5. The summed E-state index contributed by atoms with van der Waals surface area (Å²) in [6.45, 7) is 7.69. The molecule has 5 atom stereocenters. The maximum atomic E-state index is 13.9. The smallest absolute Gasteiger partial charge is 0.245 e. The van der Waals surface area contributed by atoms with E-state index in [9.17, 15) is 24.0 Å². The van der Waals surface area contributed by atoms with Crippen LogP contribution in [-0.4, -0.2) is 102 Å². The van der Waals surface area contributed by atoms with E-state index in [0.29, 0.717) is 25.9 Å². The molecule has 278 valence electrons. The predicted octanol–water partition coefficient (Wildman–Crippen LogP) is 1.69. The summed E-state index contributed by atoms with van der Waals surface area (Å²) in [5, 5.41) is 8.62. The molecule has 0 radical (unpaired) electrons. The molecule has 7 N–H and O–H groups in total. The molecule has 12 nitrogen and oxygen atoms in total. The van der Waals surface area contributed by atoms with Crippen LogP contribution in [0.4, 0.5) is 0 Å². The van der Waals surface area contributed by atoms with Gasteiger partial charge in [-0.15, -0.1) is 0 Å². The number of nitrogens with zero attached hydrogens (tertiary/aromatic N) is 2. The van der Waals surface area contributed by atoms with Crippen molar-refractivity contribution in [2.45, 2.75) is 108 Å². The van der Waals surface area contributed by atoms with E-state index in [1.165, 1.54) is 0 Å². The number of likely N-dealkylation sites (tertiary alicyclic amines) is 2. The summed E-state index contributed by atoms with van der Waals surface area (Å²) in [5.41, 5.74) is 13.9. The quantitative estimate of drug-likeness (QED) is 0.165. The first-order valence-corrected chi connectivity index (χ1v) is 18.5. The van der Waals surface area contributed by atoms with Gasteiger partial charge in [-0.25, -0.2) is 0 Å². The van der Waals surface area contributed by atoms with Gasteiger partial charge in [0.25, 0.3) is 0 Å². The number of hydrogen-bond donors (Lipinski definition) is 5. The van der Waals surface area contributed by atoms with E-state index in [1.54, 1.807) is 11.8 Å². The Balaban J connectivity index is 1.42. The van der Waals surface area contributed by atoms with Crippen LogP contribution in [-0.2, 0) is 36.8 Å². The van der Waals surface area contributed by atoms with Gasteiger partial charge in [-0.05, 0) is 82.0 Å². The van der Waals surface area contributed by atoms with E-state index in [1.807, 2.05) is 74.5 Å². The van der Waals surface area contributed by atoms with Crippen LogP contribution in [0.1, 0.15) is 70.4 Å². The molecule has 2 fully saturated rings. The molecule has 12 heteroatoms. The molecule has 2 heterocycles. The van der Waals surface area contributed by atoms with E-state index >= 15 is 0 Å². The van der Waals surface area contributed by atoms with Crippen LogP contribution in [0.3, 0.4) is 0 Å². The summed E-state index contributed by atoms with van der Waals surface area (Å²) >= 11 is 0. The van der Waals surface area contributed by atoms with E-state index in [0.717, 1.165) is 43.4 Å². The SMILES string of the molecule is CC(=O)[C@@H]1CCCN1C1CCN(C(=O)[C@@H](CCN)NC(=O)[C@@H](CC(C)C)NC(=O)[C@@H](Cc2ccccc2)NC(=O)[C@H](N)Cc2ccccc2)CC1. The van der Waals surface area contributed by atoms with E-state index in [-0.39, 0.29) is 49.1 Å². The summed E-state index contributed by atoms with van der Waals surface area (Å²) < 4.78 is 0. The maximum Gasteiger partial charge on any atom is 0.245 e. The van der Waals surface area contributed by atoms with Gasteiger partial charge in [0.1, 0.15) is 23.9 Å². The topological polar surface area (TPSA) is 180 Å². The number of benzene rings is 2. The minimum atomic E-state index is -0.995. The van der Waals surface area contributed by atoms with Gasteiger partial charge in [0.2, 0.25) is 23.6 Å². The lowest BCUT2D eigenvalue weighted by molar-refractivity contribution is -0.139. The molecule has 2 aliphatic heterocycles. The van der Waals surface area contributed by atoms with Crippen molar-refractivity contribution in [1.29, 1.82) is 0 Å². The van der Waals surface area contributed by atoms with Crippen LogP contribution in [0.15, 0.2) is 60.7 Å². The Kier molecular flexibility index (Phi) is 15.1. The van der Waals surface area contributed by atoms with Gasteiger partial charge >= 0.3 is 0 Å². The maximum absolute atomic E-state index is 13.9. The van der Waals surface area contributed by atoms with Gasteiger partial charge in [0, 0.05) is 25.6 Å². The van der Waals surface area contributed by atoms with Crippen LogP contribution >= 0.6 is 0 Å². The highest BCUT2D eigenvalue weighted by Crippen LogP contribution is 2.27. The molecule has 2 aliphatic rings. The number of nitrogens with two attached hydrogens (primary N) is 2. The molecule has 0 saturated carbocycles. The molecule has 4 amide bonds. The average molecular weight is 704 g/mol. The number of carbonyl (C=O) groups is 5. The molecule has 4 rings (SSSR count). The fourth-order valence-corrected chi connectivity index (χ4v) is 7.27. The number of rotatable bonds is 17. The monoisotopic (exact) mass is 703 g/mol. The second-order valence-electron chi connectivity index (χ2n) is 14.4. The third kappa shape index (κ3) is 11.7. The van der Waals surface area contributed by atoms with Gasteiger partial charge in [-0.2, -0.15) is 0 Å². The van der Waals surface area contributed by atoms with Crippen LogP contribution in [0, 0.1) is 5.92 Å². The minimum Gasteiger partial charge on any atom is -0.343 e. The van der Waals surface area contributed by atoms with Crippen LogP contribution in [0.5, 0.6) is 0 Å². The highest BCUT2D eigenvalue weighted by Gasteiger charge is 2.37. The standard InChI is InChI=1S/C39H57N7O5/c1-26(2)23-33(37(49)42-32(16-19-40)39(51)45-21-17-30(18-22-45)46-20-10-15-35(46)27(3)47)44-38(50)34(25-29-13-8-5-9-14-29)43-36(48)31(41)24-28-11-6-4-7-12-28/h4-9,11-14,26,30-35H,10,15-25,40-41H2,1-3H3,(H,42,49)(H,43,48)(H,44,50)/t31-,32-,33-,34-,35+/m1/s1. The van der Waals surface area contributed by atoms with Gasteiger partial charge in [-0.3, -0.25) is 28.9 Å².